The fourth-order valence-corrected chi connectivity index (χ4v) is 5.08. The third-order valence-electron chi connectivity index (χ3n) is 4.28. The van der Waals surface area contributed by atoms with Crippen molar-refractivity contribution in [3.63, 3.8) is 0 Å². The Bertz CT molecular complexity index is 919. The molecule has 2 N–H and O–H groups in total. The maximum Gasteiger partial charge on any atom is 0.343 e. The van der Waals surface area contributed by atoms with E-state index in [4.69, 9.17) is 9.47 Å². The highest BCUT2D eigenvalue weighted by atomic mass is 32.1. The second-order valence-electron chi connectivity index (χ2n) is 6.13. The maximum atomic E-state index is 12.3. The number of nitrogens with one attached hydrogen (secondary N) is 2. The molecule has 28 heavy (non-hydrogen) atoms. The van der Waals surface area contributed by atoms with Crippen LogP contribution in [0.1, 0.15) is 50.2 Å². The third-order valence-corrected chi connectivity index (χ3v) is 6.45. The van der Waals surface area contributed by atoms with Crippen LogP contribution >= 0.6 is 22.9 Å². The summed E-state index contributed by atoms with van der Waals surface area (Å²) in [6.45, 7) is 3.24. The number of hydrogen-bond acceptors (Lipinski definition) is 9. The summed E-state index contributed by atoms with van der Waals surface area (Å²) in [6.07, 6.45) is 2.66. The van der Waals surface area contributed by atoms with Crippen molar-refractivity contribution in [2.45, 2.75) is 33.1 Å². The van der Waals surface area contributed by atoms with Gasteiger partial charge in [0.05, 0.1) is 17.9 Å². The topological polar surface area (TPSA) is 107 Å². The summed E-state index contributed by atoms with van der Waals surface area (Å²) in [5.41, 5.74) is 2.24. The molecule has 150 valence electrons. The van der Waals surface area contributed by atoms with E-state index in [0.29, 0.717) is 26.8 Å². The summed E-state index contributed by atoms with van der Waals surface area (Å²) >= 11 is 2.53. The molecule has 0 fully saturated rings. The van der Waals surface area contributed by atoms with Gasteiger partial charge in [-0.3, -0.25) is 4.79 Å². The van der Waals surface area contributed by atoms with Crippen LogP contribution in [-0.2, 0) is 27.1 Å². The number of ether oxygens (including phenoxy) is 2. The lowest BCUT2D eigenvalue weighted by Gasteiger charge is -2.09. The van der Waals surface area contributed by atoms with E-state index in [2.05, 4.69) is 15.0 Å². The number of carbonyl (C=O) groups is 3. The molecule has 3 rings (SSSR count). The quantitative estimate of drug-likeness (QED) is 0.659. The van der Waals surface area contributed by atoms with E-state index in [0.717, 1.165) is 41.2 Å². The number of rotatable bonds is 7. The normalized spacial score (nSPS) is 12.4. The summed E-state index contributed by atoms with van der Waals surface area (Å²) in [5, 5.41) is 6.62. The number of anilines is 2. The molecule has 1 aliphatic carbocycles. The van der Waals surface area contributed by atoms with E-state index in [-0.39, 0.29) is 6.61 Å². The second kappa shape index (κ2) is 8.70. The van der Waals surface area contributed by atoms with Gasteiger partial charge in [-0.25, -0.2) is 9.59 Å². The van der Waals surface area contributed by atoms with Crippen LogP contribution in [0.5, 0.6) is 0 Å². The minimum atomic E-state index is -0.620. The molecular formula is C18H21N3O5S2. The number of thiophene rings is 1. The molecule has 0 unspecified atom stereocenters. The zero-order chi connectivity index (χ0) is 20.3. The number of fused-ring (bicyclic) bond motifs is 1. The maximum absolute atomic E-state index is 12.3. The molecular weight excluding hydrogens is 402 g/mol. The summed E-state index contributed by atoms with van der Waals surface area (Å²) < 4.78 is 14.4. The van der Waals surface area contributed by atoms with E-state index < -0.39 is 24.5 Å². The first-order chi connectivity index (χ1) is 13.5. The van der Waals surface area contributed by atoms with Crippen LogP contribution in [-0.4, -0.2) is 42.5 Å². The van der Waals surface area contributed by atoms with Crippen LogP contribution in [0.2, 0.25) is 0 Å². The van der Waals surface area contributed by atoms with Crippen molar-refractivity contribution in [3.05, 3.63) is 27.3 Å². The van der Waals surface area contributed by atoms with Crippen LogP contribution in [0.25, 0.3) is 0 Å². The van der Waals surface area contributed by atoms with Gasteiger partial charge < -0.3 is 20.1 Å². The van der Waals surface area contributed by atoms with Gasteiger partial charge in [-0.05, 0) is 50.2 Å². The van der Waals surface area contributed by atoms with Crippen molar-refractivity contribution in [2.24, 2.45) is 0 Å². The standard InChI is InChI=1S/C18H21N3O5S2/c1-4-25-18(24)14-10-6-5-7-11(10)27-16(14)20-12(22)8-26-17(23)13-9(2)21-28-15(13)19-3/h19H,4-8H2,1-3H3,(H,20,22). The van der Waals surface area contributed by atoms with Gasteiger partial charge in [-0.1, -0.05) is 0 Å². The predicted octanol–water partition coefficient (Wildman–Crippen LogP) is 3.02. The molecule has 10 heteroatoms. The van der Waals surface area contributed by atoms with Gasteiger partial charge in [0.1, 0.15) is 15.6 Å². The second-order valence-corrected chi connectivity index (χ2v) is 8.01. The largest absolute Gasteiger partial charge is 0.462 e. The third kappa shape index (κ3) is 4.02. The summed E-state index contributed by atoms with van der Waals surface area (Å²) in [6, 6.07) is 0. The van der Waals surface area contributed by atoms with Crippen molar-refractivity contribution in [1.29, 1.82) is 0 Å². The van der Waals surface area contributed by atoms with Crippen LogP contribution < -0.4 is 10.6 Å². The zero-order valence-corrected chi connectivity index (χ0v) is 17.5. The monoisotopic (exact) mass is 423 g/mol. The van der Waals surface area contributed by atoms with Crippen molar-refractivity contribution in [2.75, 3.05) is 30.9 Å². The van der Waals surface area contributed by atoms with E-state index in [9.17, 15) is 14.4 Å². The number of aromatic nitrogens is 1. The molecule has 1 aliphatic rings. The van der Waals surface area contributed by atoms with Gasteiger partial charge >= 0.3 is 11.9 Å². The molecule has 0 spiro atoms. The molecule has 0 saturated heterocycles. The molecule has 8 nitrogen and oxygen atoms in total. The molecule has 2 aromatic rings. The molecule has 2 heterocycles. The lowest BCUT2D eigenvalue weighted by atomic mass is 10.1. The first kappa shape index (κ1) is 20.3. The van der Waals surface area contributed by atoms with Gasteiger partial charge in [0.25, 0.3) is 5.91 Å². The van der Waals surface area contributed by atoms with Gasteiger partial charge in [0.15, 0.2) is 6.61 Å². The number of carbonyl (C=O) groups excluding carboxylic acids is 3. The van der Waals surface area contributed by atoms with Crippen molar-refractivity contribution >= 4 is 50.7 Å². The average molecular weight is 424 g/mol. The molecule has 2 aromatic heterocycles. The lowest BCUT2D eigenvalue weighted by molar-refractivity contribution is -0.119. The predicted molar refractivity (Wildman–Crippen MR) is 108 cm³/mol. The summed E-state index contributed by atoms with van der Waals surface area (Å²) in [7, 11) is 1.68. The number of hydrogen-bond donors (Lipinski definition) is 2. The lowest BCUT2D eigenvalue weighted by Crippen LogP contribution is -2.22. The van der Waals surface area contributed by atoms with Crippen LogP contribution in [0, 0.1) is 6.92 Å². The summed E-state index contributed by atoms with van der Waals surface area (Å²) in [5.74, 6) is -1.57. The molecule has 0 saturated carbocycles. The van der Waals surface area contributed by atoms with Crippen LogP contribution in [0.3, 0.4) is 0 Å². The fraction of sp³-hybridized carbons (Fsp3) is 0.444. The van der Waals surface area contributed by atoms with Crippen molar-refractivity contribution < 1.29 is 23.9 Å². The number of aryl methyl sites for hydroxylation is 2. The van der Waals surface area contributed by atoms with E-state index in [1.54, 1.807) is 20.9 Å². The minimum absolute atomic E-state index is 0.260. The van der Waals surface area contributed by atoms with Gasteiger partial charge in [-0.2, -0.15) is 4.37 Å². The Kier molecular flexibility index (Phi) is 6.30. The highest BCUT2D eigenvalue weighted by Gasteiger charge is 2.28. The number of amides is 1. The molecule has 0 bridgehead atoms. The Balaban J connectivity index is 1.68. The van der Waals surface area contributed by atoms with Crippen LogP contribution in [0.15, 0.2) is 0 Å². The van der Waals surface area contributed by atoms with Crippen LogP contribution in [0.4, 0.5) is 10.0 Å². The van der Waals surface area contributed by atoms with Gasteiger partial charge in [-0.15, -0.1) is 11.3 Å². The first-order valence-corrected chi connectivity index (χ1v) is 10.5. The smallest absolute Gasteiger partial charge is 0.343 e. The Labute approximate surface area is 170 Å². The molecule has 0 atom stereocenters. The van der Waals surface area contributed by atoms with E-state index >= 15 is 0 Å². The Morgan fingerprint density at radius 3 is 2.57 bits per heavy atom. The number of esters is 2. The highest BCUT2D eigenvalue weighted by molar-refractivity contribution is 7.17. The SMILES string of the molecule is CCOC(=O)c1c(NC(=O)COC(=O)c2c(C)nsc2NC)sc2c1CCC2. The van der Waals surface area contributed by atoms with Crippen molar-refractivity contribution in [3.8, 4) is 0 Å². The van der Waals surface area contributed by atoms with E-state index in [1.807, 2.05) is 0 Å². The molecule has 0 aliphatic heterocycles. The average Bonchev–Trinajstić information content (AvgIpc) is 3.33. The van der Waals surface area contributed by atoms with Gasteiger partial charge in [0.2, 0.25) is 0 Å². The Hall–Kier alpha value is -2.46. The molecule has 0 aromatic carbocycles. The summed E-state index contributed by atoms with van der Waals surface area (Å²) in [4.78, 5) is 38.0. The number of nitrogens with zero attached hydrogens (tertiary/aromatic N) is 1. The van der Waals surface area contributed by atoms with Gasteiger partial charge in [0, 0.05) is 11.9 Å². The molecule has 0 radical (unpaired) electrons. The molecule has 1 amide bonds. The Morgan fingerprint density at radius 1 is 1.11 bits per heavy atom. The Morgan fingerprint density at radius 2 is 1.86 bits per heavy atom. The van der Waals surface area contributed by atoms with E-state index in [1.165, 1.54) is 11.3 Å². The highest BCUT2D eigenvalue weighted by Crippen LogP contribution is 2.39. The fourth-order valence-electron chi connectivity index (χ4n) is 3.06. The zero-order valence-electron chi connectivity index (χ0n) is 15.8. The van der Waals surface area contributed by atoms with Crippen molar-refractivity contribution in [1.82, 2.24) is 4.37 Å². The first-order valence-electron chi connectivity index (χ1n) is 8.88. The minimum Gasteiger partial charge on any atom is -0.462 e.